The van der Waals surface area contributed by atoms with E-state index in [0.717, 1.165) is 36.3 Å². The minimum absolute atomic E-state index is 0.0442. The Bertz CT molecular complexity index is 1020. The van der Waals surface area contributed by atoms with E-state index in [2.05, 4.69) is 5.32 Å². The quantitative estimate of drug-likeness (QED) is 0.674. The van der Waals surface area contributed by atoms with Crippen molar-refractivity contribution >= 4 is 46.8 Å². The number of benzene rings is 2. The van der Waals surface area contributed by atoms with Crippen molar-refractivity contribution in [3.05, 3.63) is 65.2 Å². The minimum Gasteiger partial charge on any atom is -0.352 e. The maximum Gasteiger partial charge on any atom is 0.244 e. The van der Waals surface area contributed by atoms with Crippen LogP contribution in [0.4, 0.5) is 11.4 Å². The number of carbonyl (C=O) groups is 3. The Balaban J connectivity index is 1.29. The SMILES string of the molecule is O=C(C=Cc1ccc(Cl)cc1)NCC1CC(=O)N(c2ccc(N3CCCCC3=O)cc2)C1. The number of halogens is 1. The van der Waals surface area contributed by atoms with Gasteiger partial charge in [-0.1, -0.05) is 23.7 Å². The van der Waals surface area contributed by atoms with Crippen LogP contribution in [0.1, 0.15) is 31.2 Å². The third-order valence-electron chi connectivity index (χ3n) is 5.86. The Morgan fingerprint density at radius 2 is 1.66 bits per heavy atom. The van der Waals surface area contributed by atoms with Crippen LogP contribution in [-0.4, -0.2) is 37.4 Å². The molecule has 2 aromatic rings. The fourth-order valence-electron chi connectivity index (χ4n) is 4.11. The van der Waals surface area contributed by atoms with E-state index in [-0.39, 0.29) is 23.6 Å². The summed E-state index contributed by atoms with van der Waals surface area (Å²) in [5.74, 6) is 0.0602. The van der Waals surface area contributed by atoms with E-state index in [4.69, 9.17) is 11.6 Å². The zero-order valence-electron chi connectivity index (χ0n) is 17.8. The summed E-state index contributed by atoms with van der Waals surface area (Å²) in [6.07, 6.45) is 6.16. The molecule has 2 heterocycles. The van der Waals surface area contributed by atoms with Gasteiger partial charge in [-0.3, -0.25) is 14.4 Å². The Labute approximate surface area is 192 Å². The first-order valence-electron chi connectivity index (χ1n) is 10.9. The molecule has 0 spiro atoms. The number of hydrogen-bond donors (Lipinski definition) is 1. The summed E-state index contributed by atoms with van der Waals surface area (Å²) < 4.78 is 0. The van der Waals surface area contributed by atoms with Gasteiger partial charge in [0.15, 0.2) is 0 Å². The van der Waals surface area contributed by atoms with E-state index >= 15 is 0 Å². The van der Waals surface area contributed by atoms with Gasteiger partial charge in [0, 0.05) is 60.9 Å². The first kappa shape index (κ1) is 22.1. The van der Waals surface area contributed by atoms with Crippen molar-refractivity contribution in [3.63, 3.8) is 0 Å². The maximum atomic E-state index is 12.5. The second-order valence-corrected chi connectivity index (χ2v) is 8.66. The number of anilines is 2. The van der Waals surface area contributed by atoms with Crippen LogP contribution in [0.5, 0.6) is 0 Å². The van der Waals surface area contributed by atoms with E-state index in [1.165, 1.54) is 6.08 Å². The molecule has 1 unspecified atom stereocenters. The molecule has 166 valence electrons. The normalized spacial score (nSPS) is 19.1. The molecule has 0 radical (unpaired) electrons. The first-order valence-corrected chi connectivity index (χ1v) is 11.3. The molecule has 2 saturated heterocycles. The molecule has 0 bridgehead atoms. The summed E-state index contributed by atoms with van der Waals surface area (Å²) in [7, 11) is 0. The summed E-state index contributed by atoms with van der Waals surface area (Å²) in [6.45, 7) is 1.74. The molecule has 1 N–H and O–H groups in total. The highest BCUT2D eigenvalue weighted by molar-refractivity contribution is 6.30. The number of hydrogen-bond acceptors (Lipinski definition) is 3. The molecular formula is C25H26ClN3O3. The van der Waals surface area contributed by atoms with Gasteiger partial charge in [0.05, 0.1) is 0 Å². The number of nitrogens with zero attached hydrogens (tertiary/aromatic N) is 2. The Hall–Kier alpha value is -3.12. The Kier molecular flexibility index (Phi) is 6.90. The molecule has 0 aromatic heterocycles. The van der Waals surface area contributed by atoms with Crippen LogP contribution < -0.4 is 15.1 Å². The van der Waals surface area contributed by atoms with Crippen molar-refractivity contribution in [1.29, 1.82) is 0 Å². The zero-order chi connectivity index (χ0) is 22.5. The van der Waals surface area contributed by atoms with Gasteiger partial charge in [0.25, 0.3) is 0 Å². The lowest BCUT2D eigenvalue weighted by molar-refractivity contribution is -0.119. The van der Waals surface area contributed by atoms with Crippen molar-refractivity contribution in [1.82, 2.24) is 5.32 Å². The lowest BCUT2D eigenvalue weighted by Gasteiger charge is -2.27. The zero-order valence-corrected chi connectivity index (χ0v) is 18.6. The highest BCUT2D eigenvalue weighted by Gasteiger charge is 2.31. The monoisotopic (exact) mass is 451 g/mol. The van der Waals surface area contributed by atoms with E-state index in [9.17, 15) is 14.4 Å². The Morgan fingerprint density at radius 3 is 2.34 bits per heavy atom. The lowest BCUT2D eigenvalue weighted by Crippen LogP contribution is -2.35. The van der Waals surface area contributed by atoms with E-state index in [1.807, 2.05) is 41.3 Å². The second-order valence-electron chi connectivity index (χ2n) is 8.22. The molecule has 4 rings (SSSR count). The molecule has 2 aromatic carbocycles. The van der Waals surface area contributed by atoms with E-state index < -0.39 is 0 Å². The van der Waals surface area contributed by atoms with Gasteiger partial charge in [-0.05, 0) is 60.9 Å². The third-order valence-corrected chi connectivity index (χ3v) is 6.12. The molecule has 1 atom stereocenters. The van der Waals surface area contributed by atoms with Gasteiger partial charge in [-0.15, -0.1) is 0 Å². The van der Waals surface area contributed by atoms with Crippen molar-refractivity contribution in [2.45, 2.75) is 25.7 Å². The van der Waals surface area contributed by atoms with Crippen LogP contribution in [0.2, 0.25) is 5.02 Å². The fraction of sp³-hybridized carbons (Fsp3) is 0.320. The summed E-state index contributed by atoms with van der Waals surface area (Å²) in [5, 5.41) is 3.53. The van der Waals surface area contributed by atoms with Gasteiger partial charge in [0.1, 0.15) is 0 Å². The average molecular weight is 452 g/mol. The fourth-order valence-corrected chi connectivity index (χ4v) is 4.23. The number of piperidine rings is 1. The Morgan fingerprint density at radius 1 is 0.969 bits per heavy atom. The van der Waals surface area contributed by atoms with Crippen LogP contribution in [-0.2, 0) is 14.4 Å². The van der Waals surface area contributed by atoms with E-state index in [1.54, 1.807) is 23.1 Å². The van der Waals surface area contributed by atoms with Gasteiger partial charge < -0.3 is 15.1 Å². The van der Waals surface area contributed by atoms with Crippen LogP contribution >= 0.6 is 11.6 Å². The predicted molar refractivity (Wildman–Crippen MR) is 127 cm³/mol. The summed E-state index contributed by atoms with van der Waals surface area (Å²) in [5.41, 5.74) is 2.59. The van der Waals surface area contributed by atoms with Crippen molar-refractivity contribution in [3.8, 4) is 0 Å². The highest BCUT2D eigenvalue weighted by Crippen LogP contribution is 2.28. The maximum absolute atomic E-state index is 12.5. The number of nitrogens with one attached hydrogen (secondary N) is 1. The smallest absolute Gasteiger partial charge is 0.244 e. The van der Waals surface area contributed by atoms with Gasteiger partial charge in [-0.25, -0.2) is 0 Å². The average Bonchev–Trinajstić information content (AvgIpc) is 3.18. The molecule has 2 aliphatic rings. The van der Waals surface area contributed by atoms with Gasteiger partial charge in [0.2, 0.25) is 17.7 Å². The van der Waals surface area contributed by atoms with Gasteiger partial charge in [-0.2, -0.15) is 0 Å². The minimum atomic E-state index is -0.193. The summed E-state index contributed by atoms with van der Waals surface area (Å²) in [6, 6.07) is 14.8. The molecule has 7 heteroatoms. The molecule has 3 amide bonds. The summed E-state index contributed by atoms with van der Waals surface area (Å²) in [4.78, 5) is 40.3. The standard InChI is InChI=1S/C25H26ClN3O3/c26-20-7-4-18(5-8-20)6-13-23(30)27-16-19-15-25(32)29(17-19)22-11-9-21(10-12-22)28-14-2-1-3-24(28)31/h4-13,19H,1-3,14-17H2,(H,27,30). The van der Waals surface area contributed by atoms with Crippen LogP contribution in [0.3, 0.4) is 0 Å². The van der Waals surface area contributed by atoms with Gasteiger partial charge >= 0.3 is 0 Å². The van der Waals surface area contributed by atoms with Crippen LogP contribution in [0.25, 0.3) is 6.08 Å². The number of rotatable bonds is 6. The van der Waals surface area contributed by atoms with Crippen molar-refractivity contribution < 1.29 is 14.4 Å². The molecule has 2 fully saturated rings. The van der Waals surface area contributed by atoms with E-state index in [0.29, 0.717) is 31.0 Å². The topological polar surface area (TPSA) is 69.7 Å². The number of amides is 3. The lowest BCUT2D eigenvalue weighted by atomic mass is 10.1. The molecule has 0 saturated carbocycles. The number of carbonyl (C=O) groups excluding carboxylic acids is 3. The summed E-state index contributed by atoms with van der Waals surface area (Å²) >= 11 is 5.86. The van der Waals surface area contributed by atoms with Crippen molar-refractivity contribution in [2.24, 2.45) is 5.92 Å². The van der Waals surface area contributed by atoms with Crippen LogP contribution in [0.15, 0.2) is 54.6 Å². The second kappa shape index (κ2) is 10.0. The molecule has 2 aliphatic heterocycles. The highest BCUT2D eigenvalue weighted by atomic mass is 35.5. The molecule has 0 aliphatic carbocycles. The first-order chi connectivity index (χ1) is 15.5. The molecular weight excluding hydrogens is 426 g/mol. The predicted octanol–water partition coefficient (Wildman–Crippen LogP) is 4.04. The third kappa shape index (κ3) is 5.37. The van der Waals surface area contributed by atoms with Crippen molar-refractivity contribution in [2.75, 3.05) is 29.4 Å². The van der Waals surface area contributed by atoms with Crippen LogP contribution in [0, 0.1) is 5.92 Å². The largest absolute Gasteiger partial charge is 0.352 e. The molecule has 32 heavy (non-hydrogen) atoms. The molecule has 6 nitrogen and oxygen atoms in total.